The molecule has 0 radical (unpaired) electrons. The number of unbranched alkanes of at least 4 members (excludes halogenated alkanes) is 3. The van der Waals surface area contributed by atoms with Crippen molar-refractivity contribution in [1.29, 1.82) is 0 Å². The van der Waals surface area contributed by atoms with Gasteiger partial charge in [-0.3, -0.25) is 0 Å². The Labute approximate surface area is 128 Å². The summed E-state index contributed by atoms with van der Waals surface area (Å²) in [6.45, 7) is 9.62. The van der Waals surface area contributed by atoms with E-state index in [2.05, 4.69) is 39.4 Å². The zero-order valence-corrected chi connectivity index (χ0v) is 13.8. The lowest BCUT2D eigenvalue weighted by Gasteiger charge is -2.15. The van der Waals surface area contributed by atoms with Gasteiger partial charge in [-0.25, -0.2) is 0 Å². The number of hydrogen-bond donors (Lipinski definition) is 2. The molecule has 120 valence electrons. The van der Waals surface area contributed by atoms with Gasteiger partial charge in [-0.2, -0.15) is 15.0 Å². The van der Waals surface area contributed by atoms with E-state index in [1.54, 1.807) is 0 Å². The van der Waals surface area contributed by atoms with E-state index in [4.69, 9.17) is 4.74 Å². The second kappa shape index (κ2) is 10.2. The van der Waals surface area contributed by atoms with Crippen LogP contribution in [0.2, 0.25) is 0 Å². The van der Waals surface area contributed by atoms with E-state index in [9.17, 15) is 0 Å². The van der Waals surface area contributed by atoms with Gasteiger partial charge < -0.3 is 15.4 Å². The molecule has 1 heterocycles. The van der Waals surface area contributed by atoms with Gasteiger partial charge in [0, 0.05) is 12.6 Å². The van der Waals surface area contributed by atoms with E-state index >= 15 is 0 Å². The SMILES string of the molecule is CCCCCCC(C)Nc1nc(NCC)nc(OCC)n1. The minimum atomic E-state index is 0.341. The summed E-state index contributed by atoms with van der Waals surface area (Å²) in [5, 5.41) is 6.43. The minimum absolute atomic E-state index is 0.341. The molecule has 6 nitrogen and oxygen atoms in total. The van der Waals surface area contributed by atoms with Crippen molar-refractivity contribution >= 4 is 11.9 Å². The normalized spacial score (nSPS) is 12.0. The van der Waals surface area contributed by atoms with Crippen molar-refractivity contribution in [3.05, 3.63) is 0 Å². The largest absolute Gasteiger partial charge is 0.464 e. The van der Waals surface area contributed by atoms with E-state index in [-0.39, 0.29) is 0 Å². The fraction of sp³-hybridized carbons (Fsp3) is 0.800. The predicted octanol–water partition coefficient (Wildman–Crippen LogP) is 3.47. The Morgan fingerprint density at radius 3 is 2.43 bits per heavy atom. The van der Waals surface area contributed by atoms with Crippen molar-refractivity contribution in [2.75, 3.05) is 23.8 Å². The summed E-state index contributed by atoms with van der Waals surface area (Å²) >= 11 is 0. The van der Waals surface area contributed by atoms with Crippen molar-refractivity contribution in [3.8, 4) is 6.01 Å². The molecule has 0 bridgehead atoms. The van der Waals surface area contributed by atoms with Gasteiger partial charge in [-0.15, -0.1) is 0 Å². The zero-order valence-electron chi connectivity index (χ0n) is 13.8. The molecule has 0 aliphatic heterocycles. The molecular weight excluding hydrogens is 266 g/mol. The predicted molar refractivity (Wildman–Crippen MR) is 87.0 cm³/mol. The maximum Gasteiger partial charge on any atom is 0.323 e. The van der Waals surface area contributed by atoms with E-state index in [0.717, 1.165) is 13.0 Å². The standard InChI is InChI=1S/C15H29N5O/c1-5-8-9-10-11-12(4)17-14-18-13(16-6-2)19-15(20-14)21-7-3/h12H,5-11H2,1-4H3,(H2,16,17,18,19,20). The average molecular weight is 295 g/mol. The van der Waals surface area contributed by atoms with Crippen LogP contribution in [0.1, 0.15) is 59.8 Å². The molecule has 0 saturated carbocycles. The number of hydrogen-bond acceptors (Lipinski definition) is 6. The maximum atomic E-state index is 5.39. The van der Waals surface area contributed by atoms with E-state index in [1.165, 1.54) is 25.7 Å². The molecule has 1 unspecified atom stereocenters. The second-order valence-electron chi connectivity index (χ2n) is 5.12. The highest BCUT2D eigenvalue weighted by Crippen LogP contribution is 2.14. The lowest BCUT2D eigenvalue weighted by Crippen LogP contribution is -2.18. The highest BCUT2D eigenvalue weighted by Gasteiger charge is 2.09. The molecule has 0 aromatic carbocycles. The molecule has 0 aliphatic rings. The van der Waals surface area contributed by atoms with Crippen LogP contribution < -0.4 is 15.4 Å². The molecule has 21 heavy (non-hydrogen) atoms. The third-order valence-electron chi connectivity index (χ3n) is 3.09. The summed E-state index contributed by atoms with van der Waals surface area (Å²) in [6.07, 6.45) is 6.20. The van der Waals surface area contributed by atoms with Crippen LogP contribution in [0.5, 0.6) is 6.01 Å². The van der Waals surface area contributed by atoms with Crippen LogP contribution in [0.3, 0.4) is 0 Å². The number of anilines is 2. The molecule has 0 amide bonds. The summed E-state index contributed by atoms with van der Waals surface area (Å²) in [7, 11) is 0. The van der Waals surface area contributed by atoms with Crippen LogP contribution >= 0.6 is 0 Å². The molecule has 1 rings (SSSR count). The first-order valence-electron chi connectivity index (χ1n) is 8.08. The molecule has 1 atom stereocenters. The van der Waals surface area contributed by atoms with E-state index in [0.29, 0.717) is 30.6 Å². The van der Waals surface area contributed by atoms with Crippen molar-refractivity contribution < 1.29 is 4.74 Å². The van der Waals surface area contributed by atoms with Crippen LogP contribution in [-0.2, 0) is 0 Å². The Morgan fingerprint density at radius 2 is 1.76 bits per heavy atom. The van der Waals surface area contributed by atoms with Crippen molar-refractivity contribution in [3.63, 3.8) is 0 Å². The van der Waals surface area contributed by atoms with Gasteiger partial charge in [0.1, 0.15) is 0 Å². The lowest BCUT2D eigenvalue weighted by atomic mass is 10.1. The fourth-order valence-corrected chi connectivity index (χ4v) is 2.02. The Balaban J connectivity index is 2.58. The molecule has 1 aromatic rings. The van der Waals surface area contributed by atoms with Gasteiger partial charge in [-0.05, 0) is 27.2 Å². The number of ether oxygens (including phenoxy) is 1. The second-order valence-corrected chi connectivity index (χ2v) is 5.12. The first-order valence-corrected chi connectivity index (χ1v) is 8.08. The number of rotatable bonds is 11. The highest BCUT2D eigenvalue weighted by molar-refractivity contribution is 5.36. The van der Waals surface area contributed by atoms with Crippen molar-refractivity contribution in [2.24, 2.45) is 0 Å². The summed E-state index contributed by atoms with van der Waals surface area (Å²) < 4.78 is 5.39. The minimum Gasteiger partial charge on any atom is -0.464 e. The van der Waals surface area contributed by atoms with Gasteiger partial charge in [0.05, 0.1) is 6.61 Å². The number of nitrogens with one attached hydrogen (secondary N) is 2. The third-order valence-corrected chi connectivity index (χ3v) is 3.09. The third kappa shape index (κ3) is 7.11. The monoisotopic (exact) mass is 295 g/mol. The van der Waals surface area contributed by atoms with Gasteiger partial charge in [0.2, 0.25) is 11.9 Å². The molecular formula is C15H29N5O. The molecule has 2 N–H and O–H groups in total. The smallest absolute Gasteiger partial charge is 0.323 e. The Bertz CT molecular complexity index is 375. The summed E-state index contributed by atoms with van der Waals surface area (Å²) in [6, 6.07) is 0.706. The lowest BCUT2D eigenvalue weighted by molar-refractivity contribution is 0.312. The summed E-state index contributed by atoms with van der Waals surface area (Å²) in [4.78, 5) is 12.9. The van der Waals surface area contributed by atoms with E-state index in [1.807, 2.05) is 13.8 Å². The van der Waals surface area contributed by atoms with Gasteiger partial charge in [0.15, 0.2) is 0 Å². The van der Waals surface area contributed by atoms with E-state index < -0.39 is 0 Å². The average Bonchev–Trinajstić information content (AvgIpc) is 2.44. The van der Waals surface area contributed by atoms with Crippen LogP contribution in [0, 0.1) is 0 Å². The molecule has 0 fully saturated rings. The van der Waals surface area contributed by atoms with Gasteiger partial charge in [0.25, 0.3) is 0 Å². The summed E-state index contributed by atoms with van der Waals surface area (Å²) in [5.41, 5.74) is 0. The zero-order chi connectivity index (χ0) is 15.5. The fourth-order valence-electron chi connectivity index (χ4n) is 2.02. The van der Waals surface area contributed by atoms with Gasteiger partial charge in [-0.1, -0.05) is 32.6 Å². The number of aromatic nitrogens is 3. The summed E-state index contributed by atoms with van der Waals surface area (Å²) in [5.74, 6) is 1.13. The molecule has 6 heteroatoms. The molecule has 0 aliphatic carbocycles. The van der Waals surface area contributed by atoms with Gasteiger partial charge >= 0.3 is 6.01 Å². The van der Waals surface area contributed by atoms with Crippen LogP contribution in [-0.4, -0.2) is 34.1 Å². The molecule has 1 aromatic heterocycles. The van der Waals surface area contributed by atoms with Crippen LogP contribution in [0.15, 0.2) is 0 Å². The first-order chi connectivity index (χ1) is 10.2. The topological polar surface area (TPSA) is 72.0 Å². The highest BCUT2D eigenvalue weighted by atomic mass is 16.5. The Morgan fingerprint density at radius 1 is 1.00 bits per heavy atom. The van der Waals surface area contributed by atoms with Crippen molar-refractivity contribution in [1.82, 2.24) is 15.0 Å². The van der Waals surface area contributed by atoms with Crippen molar-refractivity contribution in [2.45, 2.75) is 65.8 Å². The molecule has 0 spiro atoms. The van der Waals surface area contributed by atoms with Crippen LogP contribution in [0.4, 0.5) is 11.9 Å². The number of nitrogens with zero attached hydrogens (tertiary/aromatic N) is 3. The Kier molecular flexibility index (Phi) is 8.47. The quantitative estimate of drug-likeness (QED) is 0.609. The maximum absolute atomic E-state index is 5.39. The Hall–Kier alpha value is -1.59. The first kappa shape index (κ1) is 17.5. The van der Waals surface area contributed by atoms with Crippen LogP contribution in [0.25, 0.3) is 0 Å². The molecule has 0 saturated heterocycles.